The minimum absolute atomic E-state index is 0.0724. The van der Waals surface area contributed by atoms with Gasteiger partial charge in [0.1, 0.15) is 16.8 Å². The first kappa shape index (κ1) is 23.2. The highest BCUT2D eigenvalue weighted by molar-refractivity contribution is 7.92. The number of hydrogen-bond donors (Lipinski definition) is 1. The predicted molar refractivity (Wildman–Crippen MR) is 113 cm³/mol. The van der Waals surface area contributed by atoms with Gasteiger partial charge in [0.05, 0.1) is 14.2 Å². The van der Waals surface area contributed by atoms with Crippen molar-refractivity contribution in [2.45, 2.75) is 24.5 Å². The lowest BCUT2D eigenvalue weighted by atomic mass is 10.2. The van der Waals surface area contributed by atoms with E-state index in [9.17, 15) is 17.6 Å². The predicted octanol–water partition coefficient (Wildman–Crippen LogP) is 2.51. The second-order valence-corrected chi connectivity index (χ2v) is 9.20. The fraction of sp³-hybridized carbons (Fsp3) is 0.286. The highest BCUT2D eigenvalue weighted by atomic mass is 32.2. The molecule has 0 bridgehead atoms. The van der Waals surface area contributed by atoms with Gasteiger partial charge in [0, 0.05) is 12.1 Å². The van der Waals surface area contributed by atoms with Gasteiger partial charge in [0.15, 0.2) is 21.3 Å². The van der Waals surface area contributed by atoms with Crippen molar-refractivity contribution < 1.29 is 31.6 Å². The second kappa shape index (κ2) is 9.77. The van der Waals surface area contributed by atoms with E-state index in [1.54, 1.807) is 18.2 Å². The van der Waals surface area contributed by atoms with Gasteiger partial charge in [-0.15, -0.1) is 0 Å². The topological polar surface area (TPSA) is 121 Å². The summed E-state index contributed by atoms with van der Waals surface area (Å²) in [6, 6.07) is 10.5. The van der Waals surface area contributed by atoms with E-state index in [1.807, 2.05) is 0 Å². The van der Waals surface area contributed by atoms with Crippen LogP contribution in [0.1, 0.15) is 18.4 Å². The minimum atomic E-state index is -3.93. The SMILES string of the molecule is COc1ccc(-c2noc(CS(=O)(=O)C(C)C(=O)NCc3ccc(F)cc3)n2)cc1OC. The Balaban J connectivity index is 1.66. The third-order valence-electron chi connectivity index (χ3n) is 4.72. The summed E-state index contributed by atoms with van der Waals surface area (Å²) in [6.45, 7) is 1.35. The Kier molecular flexibility index (Phi) is 7.08. The highest BCUT2D eigenvalue weighted by Gasteiger charge is 2.30. The van der Waals surface area contributed by atoms with E-state index in [0.29, 0.717) is 22.6 Å². The first-order chi connectivity index (χ1) is 15.2. The van der Waals surface area contributed by atoms with Crippen LogP contribution >= 0.6 is 0 Å². The number of ether oxygens (including phenoxy) is 2. The summed E-state index contributed by atoms with van der Waals surface area (Å²) >= 11 is 0. The van der Waals surface area contributed by atoms with Crippen molar-refractivity contribution in [3.05, 3.63) is 59.7 Å². The molecule has 0 radical (unpaired) electrons. The van der Waals surface area contributed by atoms with Gasteiger partial charge in [-0.2, -0.15) is 4.98 Å². The third-order valence-corrected chi connectivity index (χ3v) is 6.66. The standard InChI is InChI=1S/C21H22FN3O6S/c1-13(21(26)23-11-14-4-7-16(22)8-5-14)32(27,28)12-19-24-20(25-31-19)15-6-9-17(29-2)18(10-15)30-3/h4-10,13H,11-12H2,1-3H3,(H,23,26). The molecule has 32 heavy (non-hydrogen) atoms. The average molecular weight is 463 g/mol. The lowest BCUT2D eigenvalue weighted by Gasteiger charge is -2.12. The van der Waals surface area contributed by atoms with E-state index in [4.69, 9.17) is 14.0 Å². The summed E-state index contributed by atoms with van der Waals surface area (Å²) in [4.78, 5) is 16.4. The second-order valence-electron chi connectivity index (χ2n) is 6.88. The number of carbonyl (C=O) groups excluding carboxylic acids is 1. The van der Waals surface area contributed by atoms with Crippen LogP contribution in [-0.4, -0.2) is 43.9 Å². The number of aromatic nitrogens is 2. The van der Waals surface area contributed by atoms with Crippen LogP contribution in [0.25, 0.3) is 11.4 Å². The smallest absolute Gasteiger partial charge is 0.242 e. The molecule has 1 heterocycles. The summed E-state index contributed by atoms with van der Waals surface area (Å²) in [5.41, 5.74) is 1.18. The number of amides is 1. The van der Waals surface area contributed by atoms with Crippen LogP contribution in [0.15, 0.2) is 47.0 Å². The Labute approximate surface area is 184 Å². The van der Waals surface area contributed by atoms with Gasteiger partial charge in [0.2, 0.25) is 17.6 Å². The molecular weight excluding hydrogens is 441 g/mol. The summed E-state index contributed by atoms with van der Waals surface area (Å²) in [5, 5.41) is 4.99. The molecule has 0 aliphatic rings. The number of hydrogen-bond acceptors (Lipinski definition) is 8. The van der Waals surface area contributed by atoms with Gasteiger partial charge in [-0.25, -0.2) is 12.8 Å². The van der Waals surface area contributed by atoms with Crippen LogP contribution in [0, 0.1) is 5.82 Å². The number of methoxy groups -OCH3 is 2. The van der Waals surface area contributed by atoms with Crippen molar-refractivity contribution >= 4 is 15.7 Å². The quantitative estimate of drug-likeness (QED) is 0.514. The Morgan fingerprint density at radius 3 is 2.47 bits per heavy atom. The molecule has 2 aromatic carbocycles. The molecule has 0 spiro atoms. The molecule has 170 valence electrons. The van der Waals surface area contributed by atoms with Gasteiger partial charge in [-0.1, -0.05) is 17.3 Å². The monoisotopic (exact) mass is 463 g/mol. The molecule has 0 saturated carbocycles. The first-order valence-electron chi connectivity index (χ1n) is 9.52. The number of sulfone groups is 1. The average Bonchev–Trinajstić information content (AvgIpc) is 3.25. The maximum absolute atomic E-state index is 13.0. The third kappa shape index (κ3) is 5.41. The van der Waals surface area contributed by atoms with Crippen molar-refractivity contribution in [2.75, 3.05) is 14.2 Å². The Bertz CT molecular complexity index is 1190. The van der Waals surface area contributed by atoms with Crippen LogP contribution in [0.5, 0.6) is 11.5 Å². The van der Waals surface area contributed by atoms with Gasteiger partial charge in [-0.3, -0.25) is 4.79 Å². The molecular formula is C21H22FN3O6S. The largest absolute Gasteiger partial charge is 0.493 e. The maximum atomic E-state index is 13.0. The van der Waals surface area contributed by atoms with E-state index in [1.165, 1.54) is 45.4 Å². The minimum Gasteiger partial charge on any atom is -0.493 e. The normalized spacial score (nSPS) is 12.2. The fourth-order valence-electron chi connectivity index (χ4n) is 2.80. The number of rotatable bonds is 9. The van der Waals surface area contributed by atoms with E-state index >= 15 is 0 Å². The molecule has 3 rings (SSSR count). The number of nitrogens with one attached hydrogen (secondary N) is 1. The molecule has 1 aromatic heterocycles. The zero-order valence-electron chi connectivity index (χ0n) is 17.7. The van der Waals surface area contributed by atoms with E-state index in [2.05, 4.69) is 15.5 Å². The highest BCUT2D eigenvalue weighted by Crippen LogP contribution is 2.31. The van der Waals surface area contributed by atoms with Crippen molar-refractivity contribution in [3.63, 3.8) is 0 Å². The number of carbonyl (C=O) groups is 1. The Morgan fingerprint density at radius 2 is 1.81 bits per heavy atom. The van der Waals surface area contributed by atoms with Gasteiger partial charge in [-0.05, 0) is 42.8 Å². The molecule has 1 unspecified atom stereocenters. The summed E-state index contributed by atoms with van der Waals surface area (Å²) in [6.07, 6.45) is 0. The summed E-state index contributed by atoms with van der Waals surface area (Å²) in [5.74, 6) is -0.689. The molecule has 11 heteroatoms. The Hall–Kier alpha value is -3.47. The fourth-order valence-corrected chi connectivity index (χ4v) is 3.92. The zero-order chi connectivity index (χ0) is 23.3. The van der Waals surface area contributed by atoms with E-state index in [-0.39, 0.29) is 18.3 Å². The van der Waals surface area contributed by atoms with Crippen LogP contribution in [0.2, 0.25) is 0 Å². The molecule has 9 nitrogen and oxygen atoms in total. The number of nitrogens with zero attached hydrogens (tertiary/aromatic N) is 2. The molecule has 0 aliphatic carbocycles. The Morgan fingerprint density at radius 1 is 1.12 bits per heavy atom. The van der Waals surface area contributed by atoms with Gasteiger partial charge < -0.3 is 19.3 Å². The molecule has 1 N–H and O–H groups in total. The maximum Gasteiger partial charge on any atom is 0.242 e. The van der Waals surface area contributed by atoms with Crippen LogP contribution < -0.4 is 14.8 Å². The van der Waals surface area contributed by atoms with Crippen LogP contribution in [0.3, 0.4) is 0 Å². The van der Waals surface area contributed by atoms with Gasteiger partial charge >= 0.3 is 0 Å². The van der Waals surface area contributed by atoms with E-state index in [0.717, 1.165) is 0 Å². The van der Waals surface area contributed by atoms with Crippen molar-refractivity contribution in [2.24, 2.45) is 0 Å². The van der Waals surface area contributed by atoms with Crippen molar-refractivity contribution in [3.8, 4) is 22.9 Å². The molecule has 1 atom stereocenters. The number of benzene rings is 2. The van der Waals surface area contributed by atoms with Crippen molar-refractivity contribution in [1.29, 1.82) is 0 Å². The lowest BCUT2D eigenvalue weighted by Crippen LogP contribution is -2.38. The molecule has 3 aromatic rings. The lowest BCUT2D eigenvalue weighted by molar-refractivity contribution is -0.120. The molecule has 0 aliphatic heterocycles. The summed E-state index contributed by atoms with van der Waals surface area (Å²) in [7, 11) is -0.939. The molecule has 0 saturated heterocycles. The van der Waals surface area contributed by atoms with E-state index < -0.39 is 32.6 Å². The van der Waals surface area contributed by atoms with Crippen molar-refractivity contribution in [1.82, 2.24) is 15.5 Å². The van der Waals surface area contributed by atoms with Crippen LogP contribution in [-0.2, 0) is 26.9 Å². The summed E-state index contributed by atoms with van der Waals surface area (Å²) < 4.78 is 53.8. The number of halogens is 1. The molecule has 0 fully saturated rings. The van der Waals surface area contributed by atoms with Crippen LogP contribution in [0.4, 0.5) is 4.39 Å². The first-order valence-corrected chi connectivity index (χ1v) is 11.2. The molecule has 1 amide bonds. The zero-order valence-corrected chi connectivity index (χ0v) is 18.5. The van der Waals surface area contributed by atoms with Gasteiger partial charge in [0.25, 0.3) is 0 Å².